The van der Waals surface area contributed by atoms with Gasteiger partial charge < -0.3 is 10.6 Å². The SMILES string of the molecule is Cn1c2c(c(=O)n(C)c1=O)NC(c1cnn(CC#Cc3ccc(F)cc3)c1)N2N1c2c(c(=O)n(C)c(=O)n2C)NC1c1cnn(CC#Cc2cccc(F)c2)c1. The van der Waals surface area contributed by atoms with Gasteiger partial charge in [-0.25, -0.2) is 28.4 Å². The smallest absolute Gasteiger partial charge is 0.332 e. The number of aromatic nitrogens is 8. The molecule has 282 valence electrons. The third kappa shape index (κ3) is 5.99. The summed E-state index contributed by atoms with van der Waals surface area (Å²) < 4.78 is 34.8. The zero-order valence-corrected chi connectivity index (χ0v) is 30.4. The van der Waals surface area contributed by atoms with Gasteiger partial charge in [0, 0.05) is 62.8 Å². The number of nitrogens with zero attached hydrogens (tertiary/aromatic N) is 10. The zero-order valence-electron chi connectivity index (χ0n) is 30.4. The van der Waals surface area contributed by atoms with E-state index in [1.54, 1.807) is 68.4 Å². The summed E-state index contributed by atoms with van der Waals surface area (Å²) in [5, 5.41) is 18.8. The van der Waals surface area contributed by atoms with Crippen LogP contribution in [-0.4, -0.2) is 37.8 Å². The first-order valence-electron chi connectivity index (χ1n) is 17.2. The van der Waals surface area contributed by atoms with Gasteiger partial charge in [-0.15, -0.1) is 0 Å². The summed E-state index contributed by atoms with van der Waals surface area (Å²) in [6.45, 7) is 0.306. The summed E-state index contributed by atoms with van der Waals surface area (Å²) in [5.41, 5.74) is -0.0335. The molecular weight excluding hydrogens is 726 g/mol. The maximum atomic E-state index is 13.7. The van der Waals surface area contributed by atoms with Crippen molar-refractivity contribution in [2.45, 2.75) is 25.4 Å². The summed E-state index contributed by atoms with van der Waals surface area (Å²) in [7, 11) is 5.78. The molecule has 2 aliphatic heterocycles. The van der Waals surface area contributed by atoms with Gasteiger partial charge >= 0.3 is 11.4 Å². The monoisotopic (exact) mass is 758 g/mol. The Morgan fingerprint density at radius 2 is 1.11 bits per heavy atom. The molecule has 0 bridgehead atoms. The maximum Gasteiger partial charge on any atom is 0.332 e. The summed E-state index contributed by atoms with van der Waals surface area (Å²) in [4.78, 5) is 54.4. The first-order chi connectivity index (χ1) is 26.9. The van der Waals surface area contributed by atoms with Gasteiger partial charge in [-0.05, 0) is 42.5 Å². The van der Waals surface area contributed by atoms with Crippen molar-refractivity contribution in [3.8, 4) is 23.7 Å². The quantitative estimate of drug-likeness (QED) is 0.249. The van der Waals surface area contributed by atoms with Crippen LogP contribution in [0.2, 0.25) is 0 Å². The van der Waals surface area contributed by atoms with Gasteiger partial charge in [0.15, 0.2) is 11.6 Å². The molecule has 4 aromatic heterocycles. The van der Waals surface area contributed by atoms with Crippen LogP contribution in [0, 0.1) is 35.3 Å². The molecule has 0 amide bonds. The van der Waals surface area contributed by atoms with Crippen molar-refractivity contribution >= 4 is 23.0 Å². The Bertz CT molecular complexity index is 2930. The van der Waals surface area contributed by atoms with Crippen LogP contribution in [-0.2, 0) is 41.3 Å². The maximum absolute atomic E-state index is 13.7. The van der Waals surface area contributed by atoms with E-state index in [0.717, 1.165) is 9.13 Å². The molecule has 8 rings (SSSR count). The lowest BCUT2D eigenvalue weighted by atomic mass is 10.2. The minimum Gasteiger partial charge on any atom is -0.352 e. The van der Waals surface area contributed by atoms with Crippen molar-refractivity contribution in [3.05, 3.63) is 149 Å². The van der Waals surface area contributed by atoms with E-state index in [1.807, 2.05) is 0 Å². The van der Waals surface area contributed by atoms with E-state index < -0.39 is 40.6 Å². The van der Waals surface area contributed by atoms with E-state index in [-0.39, 0.29) is 41.9 Å². The minimum atomic E-state index is -0.915. The Balaban J connectivity index is 1.24. The van der Waals surface area contributed by atoms with Gasteiger partial charge in [0.2, 0.25) is 0 Å². The number of halogens is 2. The Morgan fingerprint density at radius 3 is 1.59 bits per heavy atom. The Morgan fingerprint density at radius 1 is 0.625 bits per heavy atom. The average Bonchev–Trinajstić information content (AvgIpc) is 4.00. The molecule has 0 saturated carbocycles. The van der Waals surface area contributed by atoms with Crippen LogP contribution in [0.15, 0.2) is 92.5 Å². The standard InChI is InChI=1S/C38H32F2N12O4/c1-45-33-29(35(53)47(3)37(45)55)43-31(25-19-41-49(21-25)16-6-9-23-12-14-27(39)15-13-23)51(33)52-32(44-30-34(52)46(2)38(56)48(4)36(30)54)26-20-42-50(22-26)17-7-10-24-8-5-11-28(40)18-24/h5,8,11-15,18-22,31-32,43-44H,16-17H2,1-4H3. The third-order valence-corrected chi connectivity index (χ3v) is 9.54. The number of rotatable bonds is 5. The first-order valence-corrected chi connectivity index (χ1v) is 17.2. The molecule has 2 aromatic carbocycles. The first kappa shape index (κ1) is 35.4. The van der Waals surface area contributed by atoms with Crippen LogP contribution in [0.3, 0.4) is 0 Å². The Hall–Kier alpha value is -7.60. The van der Waals surface area contributed by atoms with Gasteiger partial charge in [0.1, 0.15) is 48.4 Å². The second kappa shape index (κ2) is 13.7. The van der Waals surface area contributed by atoms with Crippen molar-refractivity contribution in [1.29, 1.82) is 0 Å². The number of hydrazine groups is 1. The van der Waals surface area contributed by atoms with Crippen LogP contribution < -0.4 is 43.1 Å². The molecule has 0 fully saturated rings. The Kier molecular flexibility index (Phi) is 8.65. The fourth-order valence-corrected chi connectivity index (χ4v) is 6.76. The van der Waals surface area contributed by atoms with Gasteiger partial charge in [0.05, 0.1) is 12.4 Å². The summed E-state index contributed by atoms with van der Waals surface area (Å²) in [5.74, 6) is 11.4. The number of benzene rings is 2. The fraction of sp³-hybridized carbons (Fsp3) is 0.211. The minimum absolute atomic E-state index is 0.0889. The lowest BCUT2D eigenvalue weighted by molar-refractivity contribution is 0.571. The van der Waals surface area contributed by atoms with Crippen molar-refractivity contribution < 1.29 is 8.78 Å². The highest BCUT2D eigenvalue weighted by Gasteiger charge is 2.47. The van der Waals surface area contributed by atoms with Gasteiger partial charge in [-0.3, -0.25) is 37.2 Å². The molecular formula is C38H32F2N12O4. The van der Waals surface area contributed by atoms with Crippen LogP contribution in [0.1, 0.15) is 34.6 Å². The lowest BCUT2D eigenvalue weighted by Crippen LogP contribution is -2.50. The molecule has 16 nitrogen and oxygen atoms in total. The predicted octanol–water partition coefficient (Wildman–Crippen LogP) is 1.73. The highest BCUT2D eigenvalue weighted by atomic mass is 19.1. The topological polar surface area (TPSA) is 154 Å². The molecule has 0 radical (unpaired) electrons. The second-order valence-electron chi connectivity index (χ2n) is 13.2. The molecule has 6 heterocycles. The summed E-state index contributed by atoms with van der Waals surface area (Å²) in [6.07, 6.45) is 4.75. The predicted molar refractivity (Wildman–Crippen MR) is 203 cm³/mol. The summed E-state index contributed by atoms with van der Waals surface area (Å²) >= 11 is 0. The van der Waals surface area contributed by atoms with E-state index >= 15 is 0 Å². The van der Waals surface area contributed by atoms with Crippen molar-refractivity contribution in [3.63, 3.8) is 0 Å². The molecule has 2 atom stereocenters. The highest BCUT2D eigenvalue weighted by Crippen LogP contribution is 2.47. The van der Waals surface area contributed by atoms with Crippen LogP contribution in [0.4, 0.5) is 31.8 Å². The number of anilines is 4. The molecule has 6 aromatic rings. The van der Waals surface area contributed by atoms with Gasteiger partial charge in [-0.1, -0.05) is 29.7 Å². The molecule has 2 N–H and O–H groups in total. The molecule has 0 spiro atoms. The van der Waals surface area contributed by atoms with Crippen LogP contribution >= 0.6 is 0 Å². The van der Waals surface area contributed by atoms with E-state index in [0.29, 0.717) is 22.3 Å². The van der Waals surface area contributed by atoms with E-state index in [2.05, 4.69) is 44.5 Å². The zero-order chi connectivity index (χ0) is 39.4. The van der Waals surface area contributed by atoms with Crippen molar-refractivity contribution in [1.82, 2.24) is 37.8 Å². The highest BCUT2D eigenvalue weighted by molar-refractivity contribution is 5.81. The molecule has 0 saturated heterocycles. The van der Waals surface area contributed by atoms with E-state index in [9.17, 15) is 28.0 Å². The normalized spacial score (nSPS) is 15.3. The summed E-state index contributed by atoms with van der Waals surface area (Å²) in [6, 6.07) is 11.7. The van der Waals surface area contributed by atoms with Gasteiger partial charge in [-0.2, -0.15) is 10.2 Å². The van der Waals surface area contributed by atoms with Gasteiger partial charge in [0.25, 0.3) is 11.1 Å². The fourth-order valence-electron chi connectivity index (χ4n) is 6.76. The molecule has 0 aliphatic carbocycles. The van der Waals surface area contributed by atoms with Crippen LogP contribution in [0.5, 0.6) is 0 Å². The largest absolute Gasteiger partial charge is 0.352 e. The van der Waals surface area contributed by atoms with Crippen LogP contribution in [0.25, 0.3) is 0 Å². The second-order valence-corrected chi connectivity index (χ2v) is 13.2. The Labute approximate surface area is 316 Å². The van der Waals surface area contributed by atoms with E-state index in [4.69, 9.17) is 0 Å². The molecule has 2 aliphatic rings. The number of hydrogen-bond donors (Lipinski definition) is 2. The van der Waals surface area contributed by atoms with Crippen molar-refractivity contribution in [2.75, 3.05) is 20.7 Å². The number of fused-ring (bicyclic) bond motifs is 2. The van der Waals surface area contributed by atoms with Crippen molar-refractivity contribution in [2.24, 2.45) is 28.2 Å². The average molecular weight is 759 g/mol. The van der Waals surface area contributed by atoms with E-state index in [1.165, 1.54) is 61.6 Å². The molecule has 18 heteroatoms. The number of hydrogen-bond acceptors (Lipinski definition) is 10. The molecule has 2 unspecified atom stereocenters. The number of nitrogens with one attached hydrogen (secondary N) is 2. The third-order valence-electron chi connectivity index (χ3n) is 9.54. The lowest BCUT2D eigenvalue weighted by Gasteiger charge is -2.39. The molecule has 56 heavy (non-hydrogen) atoms.